The van der Waals surface area contributed by atoms with Gasteiger partial charge in [-0.1, -0.05) is 18.2 Å². The summed E-state index contributed by atoms with van der Waals surface area (Å²) in [5.41, 5.74) is 2.68. The number of para-hydroxylation sites is 1. The first kappa shape index (κ1) is 26.3. The first-order valence-corrected chi connectivity index (χ1v) is 13.3. The van der Waals surface area contributed by atoms with Crippen LogP contribution in [0.15, 0.2) is 73.3 Å². The quantitative estimate of drug-likeness (QED) is 0.219. The molecule has 0 saturated heterocycles. The van der Waals surface area contributed by atoms with Gasteiger partial charge >= 0.3 is 0 Å². The molecule has 0 aliphatic rings. The molecule has 0 aliphatic carbocycles. The second kappa shape index (κ2) is 11.6. The van der Waals surface area contributed by atoms with Crippen LogP contribution in [0.3, 0.4) is 0 Å². The highest BCUT2D eigenvalue weighted by molar-refractivity contribution is 7.80. The van der Waals surface area contributed by atoms with E-state index in [1.54, 1.807) is 43.9 Å². The third kappa shape index (κ3) is 6.05. The molecule has 0 radical (unpaired) electrons. The number of thiocarbonyl (C=S) groups is 1. The first-order valence-electron chi connectivity index (χ1n) is 12.0. The number of ether oxygens (including phenoxy) is 2. The lowest BCUT2D eigenvalue weighted by Gasteiger charge is -2.12. The minimum atomic E-state index is -0.591. The number of carbonyl (C=O) groups is 1. The highest BCUT2D eigenvalue weighted by Crippen LogP contribution is 2.39. The van der Waals surface area contributed by atoms with Crippen molar-refractivity contribution >= 4 is 50.5 Å². The second-order valence-electron chi connectivity index (χ2n) is 8.46. The largest absolute Gasteiger partial charge is 0.496 e. The maximum atomic E-state index is 15.0. The molecular weight excluding hydrogens is 537 g/mol. The summed E-state index contributed by atoms with van der Waals surface area (Å²) in [6, 6.07) is 15.2. The summed E-state index contributed by atoms with van der Waals surface area (Å²) < 4.78 is 29.0. The molecular formula is C28H24FN5O3S2. The van der Waals surface area contributed by atoms with E-state index in [1.807, 2.05) is 35.9 Å². The number of nitrogens with zero attached hydrogens (tertiary/aromatic N) is 3. The maximum absolute atomic E-state index is 15.0. The fraction of sp³-hybridized carbons (Fsp3) is 0.143. The predicted octanol–water partition coefficient (Wildman–Crippen LogP) is 6.18. The van der Waals surface area contributed by atoms with Crippen LogP contribution in [-0.2, 0) is 17.8 Å². The van der Waals surface area contributed by atoms with Gasteiger partial charge in [-0.2, -0.15) is 0 Å². The van der Waals surface area contributed by atoms with Gasteiger partial charge in [0.25, 0.3) is 0 Å². The van der Waals surface area contributed by atoms with Gasteiger partial charge in [-0.05, 0) is 43.4 Å². The molecule has 0 aliphatic heterocycles. The van der Waals surface area contributed by atoms with Gasteiger partial charge in [-0.15, -0.1) is 11.3 Å². The van der Waals surface area contributed by atoms with E-state index in [0.717, 1.165) is 32.9 Å². The number of nitrogens with one attached hydrogen (secondary N) is 2. The number of hydrogen-bond acceptors (Lipinski definition) is 7. The van der Waals surface area contributed by atoms with Crippen LogP contribution in [0.2, 0.25) is 0 Å². The van der Waals surface area contributed by atoms with Crippen molar-refractivity contribution in [2.75, 3.05) is 12.4 Å². The number of methoxy groups -OCH3 is 1. The van der Waals surface area contributed by atoms with E-state index in [4.69, 9.17) is 21.7 Å². The molecule has 0 saturated carbocycles. The number of hydrogen-bond donors (Lipinski definition) is 2. The molecule has 0 bridgehead atoms. The number of fused-ring (bicyclic) bond motifs is 1. The van der Waals surface area contributed by atoms with Gasteiger partial charge in [-0.25, -0.2) is 9.37 Å². The first-order chi connectivity index (χ1) is 18.9. The van der Waals surface area contributed by atoms with E-state index in [1.165, 1.54) is 23.5 Å². The van der Waals surface area contributed by atoms with Crippen molar-refractivity contribution in [2.45, 2.75) is 19.9 Å². The van der Waals surface area contributed by atoms with Crippen LogP contribution in [0.25, 0.3) is 20.8 Å². The Morgan fingerprint density at radius 1 is 1.10 bits per heavy atom. The van der Waals surface area contributed by atoms with Crippen molar-refractivity contribution in [1.29, 1.82) is 0 Å². The molecule has 0 spiro atoms. The van der Waals surface area contributed by atoms with E-state index in [-0.39, 0.29) is 23.2 Å². The zero-order valence-electron chi connectivity index (χ0n) is 21.1. The van der Waals surface area contributed by atoms with Gasteiger partial charge in [0.15, 0.2) is 16.7 Å². The number of thiophene rings is 1. The molecule has 2 N–H and O–H groups in total. The molecule has 39 heavy (non-hydrogen) atoms. The third-order valence-corrected chi connectivity index (χ3v) is 7.20. The van der Waals surface area contributed by atoms with Crippen molar-refractivity contribution in [3.63, 3.8) is 0 Å². The number of aromatic nitrogens is 3. The lowest BCUT2D eigenvalue weighted by atomic mass is 10.1. The van der Waals surface area contributed by atoms with E-state index < -0.39 is 5.82 Å². The number of benzene rings is 2. The van der Waals surface area contributed by atoms with Crippen molar-refractivity contribution in [1.82, 2.24) is 19.9 Å². The summed E-state index contributed by atoms with van der Waals surface area (Å²) in [5, 5.41) is 5.49. The molecule has 8 nitrogen and oxygen atoms in total. The summed E-state index contributed by atoms with van der Waals surface area (Å²) in [7, 11) is 1.54. The highest BCUT2D eigenvalue weighted by atomic mass is 32.1. The number of amides is 1. The summed E-state index contributed by atoms with van der Waals surface area (Å²) in [6.07, 6.45) is 5.46. The normalized spacial score (nSPS) is 10.8. The van der Waals surface area contributed by atoms with Crippen molar-refractivity contribution in [2.24, 2.45) is 0 Å². The van der Waals surface area contributed by atoms with Gasteiger partial charge < -0.3 is 24.7 Å². The SMILES string of the molecule is CCn1cnc(-c2cc3nccc(Oc4ccc(NC(=S)NC(=O)Cc5ccccc5OC)cc4F)c3s2)c1. The van der Waals surface area contributed by atoms with E-state index >= 15 is 0 Å². The smallest absolute Gasteiger partial charge is 0.230 e. The van der Waals surface area contributed by atoms with Crippen molar-refractivity contribution < 1.29 is 18.7 Å². The molecule has 0 atom stereocenters. The summed E-state index contributed by atoms with van der Waals surface area (Å²) in [5.74, 6) is 0.235. The topological polar surface area (TPSA) is 90.3 Å². The Kier molecular flexibility index (Phi) is 7.80. The van der Waals surface area contributed by atoms with Crippen LogP contribution in [0, 0.1) is 5.82 Å². The van der Waals surface area contributed by atoms with E-state index in [9.17, 15) is 9.18 Å². The predicted molar refractivity (Wildman–Crippen MR) is 154 cm³/mol. The monoisotopic (exact) mass is 561 g/mol. The number of aryl methyl sites for hydroxylation is 1. The van der Waals surface area contributed by atoms with Crippen LogP contribution < -0.4 is 20.1 Å². The molecule has 3 heterocycles. The number of carbonyl (C=O) groups excluding carboxylic acids is 1. The van der Waals surface area contributed by atoms with E-state index in [0.29, 0.717) is 17.2 Å². The minimum Gasteiger partial charge on any atom is -0.496 e. The van der Waals surface area contributed by atoms with Crippen LogP contribution >= 0.6 is 23.6 Å². The van der Waals surface area contributed by atoms with E-state index in [2.05, 4.69) is 20.6 Å². The number of anilines is 1. The van der Waals surface area contributed by atoms with Gasteiger partial charge in [-0.3, -0.25) is 9.78 Å². The lowest BCUT2D eigenvalue weighted by Crippen LogP contribution is -2.35. The highest BCUT2D eigenvalue weighted by Gasteiger charge is 2.15. The fourth-order valence-electron chi connectivity index (χ4n) is 3.92. The summed E-state index contributed by atoms with van der Waals surface area (Å²) >= 11 is 6.72. The molecule has 0 unspecified atom stereocenters. The average molecular weight is 562 g/mol. The maximum Gasteiger partial charge on any atom is 0.230 e. The summed E-state index contributed by atoms with van der Waals surface area (Å²) in [4.78, 5) is 22.2. The van der Waals surface area contributed by atoms with Crippen LogP contribution in [0.1, 0.15) is 12.5 Å². The molecule has 2 aromatic carbocycles. The zero-order chi connectivity index (χ0) is 27.4. The Morgan fingerprint density at radius 2 is 1.95 bits per heavy atom. The van der Waals surface area contributed by atoms with Crippen LogP contribution in [-0.4, -0.2) is 32.7 Å². The average Bonchev–Trinajstić information content (AvgIpc) is 3.58. The molecule has 5 aromatic rings. The van der Waals surface area contributed by atoms with Gasteiger partial charge in [0.1, 0.15) is 11.5 Å². The molecule has 1 amide bonds. The molecule has 198 valence electrons. The Labute approximate surface area is 233 Å². The Bertz CT molecular complexity index is 1670. The van der Waals surface area contributed by atoms with Gasteiger partial charge in [0, 0.05) is 42.3 Å². The minimum absolute atomic E-state index is 0.0457. The number of rotatable bonds is 8. The molecule has 11 heteroatoms. The molecule has 3 aromatic heterocycles. The Balaban J connectivity index is 1.25. The van der Waals surface area contributed by atoms with Crippen LogP contribution in [0.5, 0.6) is 17.2 Å². The third-order valence-electron chi connectivity index (χ3n) is 5.83. The lowest BCUT2D eigenvalue weighted by molar-refractivity contribution is -0.119. The van der Waals surface area contributed by atoms with Crippen molar-refractivity contribution in [3.05, 3.63) is 84.7 Å². The Morgan fingerprint density at radius 3 is 2.72 bits per heavy atom. The summed E-state index contributed by atoms with van der Waals surface area (Å²) in [6.45, 7) is 2.88. The molecule has 0 fully saturated rings. The zero-order valence-corrected chi connectivity index (χ0v) is 22.7. The van der Waals surface area contributed by atoms with Gasteiger partial charge in [0.05, 0.1) is 40.6 Å². The number of pyridine rings is 1. The molecule has 5 rings (SSSR count). The number of imidazole rings is 1. The Hall–Kier alpha value is -4.35. The van der Waals surface area contributed by atoms with Gasteiger partial charge in [0.2, 0.25) is 5.91 Å². The second-order valence-corrected chi connectivity index (χ2v) is 9.92. The van der Waals surface area contributed by atoms with Crippen LogP contribution in [0.4, 0.5) is 10.1 Å². The standard InChI is InChI=1S/C28H24FN5O3S2/c1-3-34-15-21(31-16-34)25-14-20-27(39-25)24(10-11-30-20)37-23-9-8-18(13-19(23)29)32-28(38)33-26(35)12-17-6-4-5-7-22(17)36-2/h4-11,13-16H,3,12H2,1-2H3,(H2,32,33,35,38). The number of halogens is 1. The fourth-order valence-corrected chi connectivity index (χ4v) is 5.18. The van der Waals surface area contributed by atoms with Crippen molar-refractivity contribution in [3.8, 4) is 27.8 Å².